The van der Waals surface area contributed by atoms with Gasteiger partial charge in [-0.15, -0.1) is 0 Å². The molecule has 1 saturated heterocycles. The highest BCUT2D eigenvalue weighted by Crippen LogP contribution is 2.14. The van der Waals surface area contributed by atoms with E-state index in [1.165, 1.54) is 0 Å². The van der Waals surface area contributed by atoms with Crippen molar-refractivity contribution in [2.24, 2.45) is 5.92 Å². The Morgan fingerprint density at radius 1 is 1.67 bits per heavy atom. The molecule has 1 unspecified atom stereocenters. The van der Waals surface area contributed by atoms with Crippen molar-refractivity contribution in [3.8, 4) is 0 Å². The molecule has 1 aliphatic heterocycles. The lowest BCUT2D eigenvalue weighted by atomic mass is 10.1. The van der Waals surface area contributed by atoms with Gasteiger partial charge in [-0.2, -0.15) is 0 Å². The van der Waals surface area contributed by atoms with Crippen LogP contribution in [0.4, 0.5) is 9.18 Å². The molecule has 1 N–H and O–H groups in total. The van der Waals surface area contributed by atoms with E-state index in [2.05, 4.69) is 5.43 Å². The Morgan fingerprint density at radius 3 is 3.07 bits per heavy atom. The Balaban J connectivity index is 2.10. The lowest BCUT2D eigenvalue weighted by molar-refractivity contribution is 0.111. The Morgan fingerprint density at radius 2 is 2.47 bits per heavy atom. The maximum Gasteiger partial charge on any atom is 0.421 e. The molecule has 1 fully saturated rings. The van der Waals surface area contributed by atoms with Gasteiger partial charge >= 0.3 is 6.09 Å². The van der Waals surface area contributed by atoms with Crippen LogP contribution in [0.25, 0.3) is 0 Å². The second-order valence-corrected chi connectivity index (χ2v) is 3.86. The lowest BCUT2D eigenvalue weighted by Crippen LogP contribution is -2.41. The quantitative estimate of drug-likeness (QED) is 0.714. The van der Waals surface area contributed by atoms with Gasteiger partial charge in [0.1, 0.15) is 0 Å². The molecule has 0 spiro atoms. The normalized spacial score (nSPS) is 21.6. The van der Waals surface area contributed by atoms with Crippen molar-refractivity contribution in [2.45, 2.75) is 26.2 Å². The Kier molecular flexibility index (Phi) is 5.39. The summed E-state index contributed by atoms with van der Waals surface area (Å²) in [7, 11) is 0. The van der Waals surface area contributed by atoms with Crippen molar-refractivity contribution in [1.29, 1.82) is 0 Å². The van der Waals surface area contributed by atoms with Gasteiger partial charge in [0.25, 0.3) is 0 Å². The summed E-state index contributed by atoms with van der Waals surface area (Å²) in [5, 5.41) is 1.72. The van der Waals surface area contributed by atoms with Crippen LogP contribution in [0.1, 0.15) is 26.2 Å². The van der Waals surface area contributed by atoms with Gasteiger partial charge in [-0.05, 0) is 12.8 Å². The standard InChI is InChI=1S/C10H19FN2O2/c1-2-3-6-15-10(14)12-13-5-4-9(7-11)8-13/h9H,2-8H2,1H3,(H,12,14). The Bertz CT molecular complexity index is 202. The molecule has 1 heterocycles. The number of rotatable bonds is 5. The summed E-state index contributed by atoms with van der Waals surface area (Å²) in [4.78, 5) is 11.2. The molecule has 15 heavy (non-hydrogen) atoms. The fourth-order valence-electron chi connectivity index (χ4n) is 1.53. The summed E-state index contributed by atoms with van der Waals surface area (Å²) in [5.41, 5.74) is 2.61. The average Bonchev–Trinajstić information content (AvgIpc) is 2.66. The van der Waals surface area contributed by atoms with Gasteiger partial charge in [0.05, 0.1) is 13.3 Å². The molecule has 0 radical (unpaired) electrons. The first kappa shape index (κ1) is 12.2. The van der Waals surface area contributed by atoms with Crippen LogP contribution in [-0.4, -0.2) is 37.5 Å². The van der Waals surface area contributed by atoms with Gasteiger partial charge < -0.3 is 4.74 Å². The van der Waals surface area contributed by atoms with Crippen LogP contribution >= 0.6 is 0 Å². The van der Waals surface area contributed by atoms with Crippen molar-refractivity contribution in [2.75, 3.05) is 26.4 Å². The second-order valence-electron chi connectivity index (χ2n) is 3.86. The zero-order valence-electron chi connectivity index (χ0n) is 9.17. The monoisotopic (exact) mass is 218 g/mol. The maximum atomic E-state index is 12.3. The molecule has 1 atom stereocenters. The number of halogens is 1. The van der Waals surface area contributed by atoms with Crippen molar-refractivity contribution in [3.63, 3.8) is 0 Å². The second kappa shape index (κ2) is 6.61. The van der Waals surface area contributed by atoms with Gasteiger partial charge in [-0.1, -0.05) is 13.3 Å². The number of alkyl halides is 1. The molecule has 88 valence electrons. The first-order chi connectivity index (χ1) is 7.26. The molecule has 1 rings (SSSR count). The van der Waals surface area contributed by atoms with Gasteiger partial charge in [0, 0.05) is 19.0 Å². The average molecular weight is 218 g/mol. The zero-order chi connectivity index (χ0) is 11.1. The van der Waals surface area contributed by atoms with Crippen LogP contribution in [0.3, 0.4) is 0 Å². The largest absolute Gasteiger partial charge is 0.449 e. The summed E-state index contributed by atoms with van der Waals surface area (Å²) in [6.07, 6.45) is 2.25. The summed E-state index contributed by atoms with van der Waals surface area (Å²) in [6, 6.07) is 0. The number of hydrogen-bond acceptors (Lipinski definition) is 3. The molecule has 5 heteroatoms. The fourth-order valence-corrected chi connectivity index (χ4v) is 1.53. The van der Waals surface area contributed by atoms with E-state index in [-0.39, 0.29) is 12.6 Å². The van der Waals surface area contributed by atoms with Crippen LogP contribution in [0.5, 0.6) is 0 Å². The number of hydrazine groups is 1. The molecule has 1 aliphatic rings. The number of carbonyl (C=O) groups is 1. The van der Waals surface area contributed by atoms with E-state index in [9.17, 15) is 9.18 Å². The third kappa shape index (κ3) is 4.46. The van der Waals surface area contributed by atoms with E-state index in [1.54, 1.807) is 5.01 Å². The molecule has 0 aliphatic carbocycles. The van der Waals surface area contributed by atoms with E-state index in [4.69, 9.17) is 4.74 Å². The molecule has 0 bridgehead atoms. The van der Waals surface area contributed by atoms with Crippen molar-refractivity contribution < 1.29 is 13.9 Å². The third-order valence-corrected chi connectivity index (χ3v) is 2.48. The number of carbonyl (C=O) groups excluding carboxylic acids is 1. The highest BCUT2D eigenvalue weighted by atomic mass is 19.1. The van der Waals surface area contributed by atoms with E-state index >= 15 is 0 Å². The Labute approximate surface area is 89.7 Å². The van der Waals surface area contributed by atoms with Crippen LogP contribution < -0.4 is 5.43 Å². The Hall–Kier alpha value is -0.840. The molecule has 0 aromatic carbocycles. The molecular weight excluding hydrogens is 199 g/mol. The van der Waals surface area contributed by atoms with Crippen LogP contribution in [0, 0.1) is 5.92 Å². The minimum absolute atomic E-state index is 0.0564. The van der Waals surface area contributed by atoms with Crippen molar-refractivity contribution in [1.82, 2.24) is 10.4 Å². The highest BCUT2D eigenvalue weighted by molar-refractivity contribution is 5.66. The summed E-state index contributed by atoms with van der Waals surface area (Å²) >= 11 is 0. The van der Waals surface area contributed by atoms with Crippen LogP contribution in [0.2, 0.25) is 0 Å². The SMILES string of the molecule is CCCCOC(=O)NN1CCC(CF)C1. The number of nitrogens with one attached hydrogen (secondary N) is 1. The van der Waals surface area contributed by atoms with Crippen LogP contribution in [-0.2, 0) is 4.74 Å². The first-order valence-corrected chi connectivity index (χ1v) is 5.50. The molecule has 1 amide bonds. The fraction of sp³-hybridized carbons (Fsp3) is 0.900. The van der Waals surface area contributed by atoms with E-state index in [0.29, 0.717) is 19.7 Å². The number of amides is 1. The molecule has 0 aromatic heterocycles. The first-order valence-electron chi connectivity index (χ1n) is 5.50. The number of unbranched alkanes of at least 4 members (excludes halogenated alkanes) is 1. The third-order valence-electron chi connectivity index (χ3n) is 2.48. The van der Waals surface area contributed by atoms with Gasteiger partial charge in [0.2, 0.25) is 0 Å². The highest BCUT2D eigenvalue weighted by Gasteiger charge is 2.23. The molecule has 0 saturated carbocycles. The molecule has 4 nitrogen and oxygen atoms in total. The predicted molar refractivity (Wildman–Crippen MR) is 55.0 cm³/mol. The van der Waals surface area contributed by atoms with Gasteiger partial charge in [0.15, 0.2) is 0 Å². The zero-order valence-corrected chi connectivity index (χ0v) is 9.17. The smallest absolute Gasteiger partial charge is 0.421 e. The topological polar surface area (TPSA) is 41.6 Å². The van der Waals surface area contributed by atoms with Crippen LogP contribution in [0.15, 0.2) is 0 Å². The van der Waals surface area contributed by atoms with Crippen molar-refractivity contribution >= 4 is 6.09 Å². The molecule has 0 aromatic rings. The van der Waals surface area contributed by atoms with E-state index in [0.717, 1.165) is 19.3 Å². The summed E-state index contributed by atoms with van der Waals surface area (Å²) in [5.74, 6) is 0.0564. The van der Waals surface area contributed by atoms with E-state index < -0.39 is 6.09 Å². The van der Waals surface area contributed by atoms with Gasteiger partial charge in [-0.3, -0.25) is 9.82 Å². The minimum Gasteiger partial charge on any atom is -0.449 e. The lowest BCUT2D eigenvalue weighted by Gasteiger charge is -2.16. The number of nitrogens with zero attached hydrogens (tertiary/aromatic N) is 1. The molecular formula is C10H19FN2O2. The maximum absolute atomic E-state index is 12.3. The minimum atomic E-state index is -0.428. The summed E-state index contributed by atoms with van der Waals surface area (Å²) < 4.78 is 17.2. The van der Waals surface area contributed by atoms with E-state index in [1.807, 2.05) is 6.92 Å². The van der Waals surface area contributed by atoms with Gasteiger partial charge in [-0.25, -0.2) is 9.80 Å². The predicted octanol–water partition coefficient (Wildman–Crippen LogP) is 1.72. The summed E-state index contributed by atoms with van der Waals surface area (Å²) in [6.45, 7) is 3.45. The number of hydrogen-bond donors (Lipinski definition) is 1. The van der Waals surface area contributed by atoms with Crippen molar-refractivity contribution in [3.05, 3.63) is 0 Å². The number of ether oxygens (including phenoxy) is 1.